The van der Waals surface area contributed by atoms with Gasteiger partial charge in [-0.2, -0.15) is 0 Å². The highest BCUT2D eigenvalue weighted by molar-refractivity contribution is 6.51. The van der Waals surface area contributed by atoms with Gasteiger partial charge >= 0.3 is 0 Å². The number of carbonyl (C=O) groups excluding carboxylic acids is 2. The summed E-state index contributed by atoms with van der Waals surface area (Å²) in [4.78, 5) is 31.5. The van der Waals surface area contributed by atoms with Crippen LogP contribution in [0, 0.1) is 5.82 Å². The molecule has 162 valence electrons. The summed E-state index contributed by atoms with van der Waals surface area (Å²) in [5.41, 5.74) is 0.534. The van der Waals surface area contributed by atoms with E-state index < -0.39 is 29.3 Å². The van der Waals surface area contributed by atoms with Crippen molar-refractivity contribution in [3.05, 3.63) is 93.5 Å². The first kappa shape index (κ1) is 21.8. The number of hydrogen-bond donors (Lipinski definition) is 1. The molecule has 1 unspecified atom stereocenters. The second kappa shape index (κ2) is 8.61. The summed E-state index contributed by atoms with van der Waals surface area (Å²) >= 11 is 12.4. The van der Waals surface area contributed by atoms with Gasteiger partial charge in [0.05, 0.1) is 28.4 Å². The predicted molar refractivity (Wildman–Crippen MR) is 118 cm³/mol. The average Bonchev–Trinajstić information content (AvgIpc) is 3.05. The Bertz CT molecular complexity index is 1220. The van der Waals surface area contributed by atoms with Gasteiger partial charge in [0.25, 0.3) is 11.7 Å². The Balaban J connectivity index is 1.94. The predicted octanol–water partition coefficient (Wildman–Crippen LogP) is 5.16. The lowest BCUT2D eigenvalue weighted by molar-refractivity contribution is -0.132. The van der Waals surface area contributed by atoms with E-state index in [0.717, 1.165) is 0 Å². The van der Waals surface area contributed by atoms with Gasteiger partial charge in [-0.05, 0) is 48.5 Å². The van der Waals surface area contributed by atoms with E-state index in [1.807, 2.05) is 0 Å². The van der Waals surface area contributed by atoms with Gasteiger partial charge in [0.2, 0.25) is 0 Å². The molecule has 6 nitrogen and oxygen atoms in total. The van der Waals surface area contributed by atoms with Crippen LogP contribution in [0.15, 0.2) is 66.4 Å². The van der Waals surface area contributed by atoms with Crippen molar-refractivity contribution < 1.29 is 23.8 Å². The second-order valence-electron chi connectivity index (χ2n) is 6.87. The Morgan fingerprint density at radius 1 is 1.09 bits per heavy atom. The van der Waals surface area contributed by atoms with Crippen LogP contribution >= 0.6 is 23.2 Å². The van der Waals surface area contributed by atoms with Crippen LogP contribution in [0.4, 0.5) is 10.1 Å². The van der Waals surface area contributed by atoms with Gasteiger partial charge in [0.1, 0.15) is 17.6 Å². The van der Waals surface area contributed by atoms with E-state index in [9.17, 15) is 19.1 Å². The number of Topliss-reactive ketones (excluding diaryl/α,β-unsaturated/α-hetero) is 1. The number of benzene rings is 2. The van der Waals surface area contributed by atoms with Crippen LogP contribution in [0.2, 0.25) is 10.0 Å². The van der Waals surface area contributed by atoms with Crippen LogP contribution < -0.4 is 9.64 Å². The summed E-state index contributed by atoms with van der Waals surface area (Å²) in [6.07, 6.45) is 1.50. The number of anilines is 1. The normalized spacial score (nSPS) is 17.6. The van der Waals surface area contributed by atoms with Crippen LogP contribution in [0.1, 0.15) is 17.3 Å². The van der Waals surface area contributed by atoms with Gasteiger partial charge in [-0.3, -0.25) is 19.5 Å². The SMILES string of the molecule is COc1c(Cl)cc(/C(O)=C2\C(=O)C(=O)N(c3ccc(F)cc3)C2c2ccccn2)cc1Cl. The Kier molecular flexibility index (Phi) is 5.86. The topological polar surface area (TPSA) is 79.7 Å². The minimum Gasteiger partial charge on any atom is -0.507 e. The van der Waals surface area contributed by atoms with Crippen molar-refractivity contribution in [3.8, 4) is 5.75 Å². The number of nitrogens with zero attached hydrogens (tertiary/aromatic N) is 2. The van der Waals surface area contributed by atoms with E-state index in [2.05, 4.69) is 4.98 Å². The molecule has 0 aliphatic carbocycles. The third-order valence-corrected chi connectivity index (χ3v) is 5.55. The van der Waals surface area contributed by atoms with Crippen molar-refractivity contribution in [2.45, 2.75) is 6.04 Å². The minimum absolute atomic E-state index is 0.115. The van der Waals surface area contributed by atoms with Crippen molar-refractivity contribution >= 4 is 46.3 Å². The summed E-state index contributed by atoms with van der Waals surface area (Å²) in [7, 11) is 1.39. The monoisotopic (exact) mass is 472 g/mol. The molecule has 1 N–H and O–H groups in total. The fourth-order valence-electron chi connectivity index (χ4n) is 3.57. The fraction of sp³-hybridized carbons (Fsp3) is 0.0870. The zero-order valence-electron chi connectivity index (χ0n) is 16.6. The largest absolute Gasteiger partial charge is 0.507 e. The third kappa shape index (κ3) is 3.70. The van der Waals surface area contributed by atoms with Gasteiger partial charge in [-0.25, -0.2) is 4.39 Å². The fourth-order valence-corrected chi connectivity index (χ4v) is 4.21. The summed E-state index contributed by atoms with van der Waals surface area (Å²) in [6.45, 7) is 0. The first-order valence-electron chi connectivity index (χ1n) is 9.34. The van der Waals surface area contributed by atoms with E-state index in [0.29, 0.717) is 5.69 Å². The van der Waals surface area contributed by atoms with Crippen LogP contribution in [0.25, 0.3) is 5.76 Å². The first-order valence-corrected chi connectivity index (χ1v) is 10.1. The molecule has 0 saturated carbocycles. The third-order valence-electron chi connectivity index (χ3n) is 4.99. The molecule has 0 radical (unpaired) electrons. The molecule has 32 heavy (non-hydrogen) atoms. The van der Waals surface area contributed by atoms with Crippen LogP contribution in [-0.4, -0.2) is 28.9 Å². The lowest BCUT2D eigenvalue weighted by Gasteiger charge is -2.24. The smallest absolute Gasteiger partial charge is 0.300 e. The van der Waals surface area contributed by atoms with E-state index in [4.69, 9.17) is 27.9 Å². The summed E-state index contributed by atoms with van der Waals surface area (Å²) in [5, 5.41) is 11.3. The van der Waals surface area contributed by atoms with Crippen LogP contribution in [-0.2, 0) is 9.59 Å². The average molecular weight is 473 g/mol. The zero-order valence-corrected chi connectivity index (χ0v) is 18.1. The molecular weight excluding hydrogens is 458 g/mol. The highest BCUT2D eigenvalue weighted by atomic mass is 35.5. The number of carbonyl (C=O) groups is 2. The van der Waals surface area contributed by atoms with E-state index in [-0.39, 0.29) is 32.6 Å². The highest BCUT2D eigenvalue weighted by Gasteiger charge is 2.47. The molecule has 1 fully saturated rings. The number of ketones is 1. The van der Waals surface area contributed by atoms with Gasteiger partial charge in [0.15, 0.2) is 5.75 Å². The summed E-state index contributed by atoms with van der Waals surface area (Å²) < 4.78 is 18.6. The highest BCUT2D eigenvalue weighted by Crippen LogP contribution is 2.43. The molecule has 1 aromatic heterocycles. The molecule has 1 aliphatic rings. The standard InChI is InChI=1S/C23H15Cl2FN2O4/c1-32-22-15(24)10-12(11-16(22)25)20(29)18-19(17-4-2-3-9-27-17)28(23(31)21(18)30)14-7-5-13(26)6-8-14/h2-11,19,29H,1H3/b20-18+. The number of aliphatic hydroxyl groups excluding tert-OH is 1. The van der Waals surface area contributed by atoms with Gasteiger partial charge in [0, 0.05) is 17.4 Å². The summed E-state index contributed by atoms with van der Waals surface area (Å²) in [5.74, 6) is -2.58. The van der Waals surface area contributed by atoms with Crippen molar-refractivity contribution in [2.24, 2.45) is 0 Å². The Morgan fingerprint density at radius 3 is 2.31 bits per heavy atom. The second-order valence-corrected chi connectivity index (χ2v) is 7.69. The van der Waals surface area contributed by atoms with Gasteiger partial charge < -0.3 is 9.84 Å². The van der Waals surface area contributed by atoms with E-state index >= 15 is 0 Å². The Morgan fingerprint density at radius 2 is 1.75 bits per heavy atom. The van der Waals surface area contributed by atoms with Crippen LogP contribution in [0.3, 0.4) is 0 Å². The summed E-state index contributed by atoms with van der Waals surface area (Å²) in [6, 6.07) is 11.8. The molecule has 4 rings (SSSR count). The molecule has 0 bridgehead atoms. The van der Waals surface area contributed by atoms with E-state index in [1.54, 1.807) is 18.2 Å². The van der Waals surface area contributed by atoms with Crippen molar-refractivity contribution in [3.63, 3.8) is 0 Å². The lowest BCUT2D eigenvalue weighted by atomic mass is 9.98. The minimum atomic E-state index is -1.05. The molecule has 1 aliphatic heterocycles. The molecule has 3 aromatic rings. The number of aromatic nitrogens is 1. The van der Waals surface area contributed by atoms with Crippen molar-refractivity contribution in [1.82, 2.24) is 4.98 Å². The molecule has 2 aromatic carbocycles. The number of methoxy groups -OCH3 is 1. The van der Waals surface area contributed by atoms with Crippen molar-refractivity contribution in [1.29, 1.82) is 0 Å². The molecule has 1 atom stereocenters. The Labute approximate surface area is 192 Å². The molecule has 0 spiro atoms. The zero-order chi connectivity index (χ0) is 23.0. The number of aliphatic hydroxyl groups is 1. The van der Waals surface area contributed by atoms with Crippen LogP contribution in [0.5, 0.6) is 5.75 Å². The lowest BCUT2D eigenvalue weighted by Crippen LogP contribution is -2.29. The van der Waals surface area contributed by atoms with Gasteiger partial charge in [-0.1, -0.05) is 29.3 Å². The maximum absolute atomic E-state index is 13.5. The number of halogens is 3. The maximum atomic E-state index is 13.5. The quantitative estimate of drug-likeness (QED) is 0.322. The number of pyridine rings is 1. The molecule has 1 amide bonds. The molecule has 2 heterocycles. The number of amides is 1. The number of ether oxygens (including phenoxy) is 1. The van der Waals surface area contributed by atoms with Crippen molar-refractivity contribution in [2.75, 3.05) is 12.0 Å². The molecule has 1 saturated heterocycles. The number of hydrogen-bond acceptors (Lipinski definition) is 5. The number of rotatable bonds is 4. The molecular formula is C23H15Cl2FN2O4. The molecule has 9 heteroatoms. The maximum Gasteiger partial charge on any atom is 0.300 e. The van der Waals surface area contributed by atoms with E-state index in [1.165, 1.54) is 54.6 Å². The first-order chi connectivity index (χ1) is 15.3. The Hall–Kier alpha value is -3.42. The van der Waals surface area contributed by atoms with Gasteiger partial charge in [-0.15, -0.1) is 0 Å².